The highest BCUT2D eigenvalue weighted by molar-refractivity contribution is 8.00. The summed E-state index contributed by atoms with van der Waals surface area (Å²) < 4.78 is 4.85. The minimum atomic E-state index is -0.386. The molecule has 0 spiro atoms. The quantitative estimate of drug-likeness (QED) is 0.628. The predicted octanol–water partition coefficient (Wildman–Crippen LogP) is 3.81. The molecule has 0 saturated carbocycles. The number of anilines is 3. The van der Waals surface area contributed by atoms with Gasteiger partial charge in [-0.15, -0.1) is 11.8 Å². The number of thioether (sulfide) groups is 1. The van der Waals surface area contributed by atoms with Crippen molar-refractivity contribution in [3.05, 3.63) is 54.1 Å². The summed E-state index contributed by atoms with van der Waals surface area (Å²) in [6.45, 7) is 2.03. The van der Waals surface area contributed by atoms with Gasteiger partial charge in [-0.25, -0.2) is 0 Å². The van der Waals surface area contributed by atoms with Gasteiger partial charge in [0.05, 0.1) is 18.8 Å². The van der Waals surface area contributed by atoms with E-state index in [1.54, 1.807) is 29.7 Å². The van der Waals surface area contributed by atoms with Crippen molar-refractivity contribution in [3.63, 3.8) is 0 Å². The molecule has 1 aliphatic rings. The minimum Gasteiger partial charge on any atom is -0.466 e. The Bertz CT molecular complexity index is 946. The molecule has 0 aromatic heterocycles. The second kappa shape index (κ2) is 10.3. The molecule has 2 aromatic carbocycles. The second-order valence-corrected chi connectivity index (χ2v) is 8.39. The van der Waals surface area contributed by atoms with Crippen molar-refractivity contribution in [2.45, 2.75) is 25.1 Å². The summed E-state index contributed by atoms with van der Waals surface area (Å²) in [4.78, 5) is 40.1. The van der Waals surface area contributed by atoms with Gasteiger partial charge < -0.3 is 15.0 Å². The number of benzene rings is 2. The van der Waals surface area contributed by atoms with Crippen molar-refractivity contribution >= 4 is 46.6 Å². The average molecular weight is 442 g/mol. The second-order valence-electron chi connectivity index (χ2n) is 7.32. The van der Waals surface area contributed by atoms with Gasteiger partial charge in [0.1, 0.15) is 5.37 Å². The summed E-state index contributed by atoms with van der Waals surface area (Å²) in [5.74, 6) is -0.188. The Morgan fingerprint density at radius 3 is 2.58 bits per heavy atom. The molecule has 1 atom stereocenters. The van der Waals surface area contributed by atoms with Crippen LogP contribution in [0.4, 0.5) is 17.1 Å². The molecule has 1 heterocycles. The van der Waals surface area contributed by atoms with Crippen LogP contribution in [0.25, 0.3) is 0 Å². The van der Waals surface area contributed by atoms with Crippen molar-refractivity contribution in [1.29, 1.82) is 0 Å². The smallest absolute Gasteiger partial charge is 0.306 e. The average Bonchev–Trinajstić information content (AvgIpc) is 3.14. The molecule has 7 nitrogen and oxygen atoms in total. The first kappa shape index (κ1) is 22.7. The lowest BCUT2D eigenvalue weighted by Crippen LogP contribution is -2.27. The highest BCUT2D eigenvalue weighted by Crippen LogP contribution is 2.42. The standard InChI is InChI=1S/C23H27N3O4S/c1-4-30-22(29)13-12-20(27)24-17-7-5-6-16(14-17)23-26(21(28)15-31-23)19-10-8-18(9-11-19)25(2)3/h5-11,14,23H,4,12-13,15H2,1-3H3,(H,24,27)/t23-/m1/s1. The van der Waals surface area contributed by atoms with Gasteiger partial charge in [-0.05, 0) is 48.9 Å². The van der Waals surface area contributed by atoms with Crippen LogP contribution >= 0.6 is 11.8 Å². The first-order valence-electron chi connectivity index (χ1n) is 10.2. The van der Waals surface area contributed by atoms with Crippen LogP contribution < -0.4 is 15.1 Å². The number of esters is 1. The molecule has 2 aromatic rings. The van der Waals surface area contributed by atoms with E-state index in [1.807, 2.05) is 61.5 Å². The van der Waals surface area contributed by atoms with E-state index in [0.29, 0.717) is 18.0 Å². The van der Waals surface area contributed by atoms with E-state index in [-0.39, 0.29) is 36.0 Å². The largest absolute Gasteiger partial charge is 0.466 e. The molecule has 31 heavy (non-hydrogen) atoms. The fraction of sp³-hybridized carbons (Fsp3) is 0.348. The summed E-state index contributed by atoms with van der Waals surface area (Å²) in [6, 6.07) is 15.4. The third-order valence-corrected chi connectivity index (χ3v) is 6.04. The first-order chi connectivity index (χ1) is 14.9. The van der Waals surface area contributed by atoms with Crippen molar-refractivity contribution in [2.24, 2.45) is 0 Å². The maximum atomic E-state index is 12.6. The number of hydrogen-bond donors (Lipinski definition) is 1. The van der Waals surface area contributed by atoms with Crippen LogP contribution in [0.2, 0.25) is 0 Å². The molecular formula is C23H27N3O4S. The Morgan fingerprint density at radius 2 is 1.90 bits per heavy atom. The van der Waals surface area contributed by atoms with Gasteiger partial charge in [0.25, 0.3) is 0 Å². The molecule has 1 saturated heterocycles. The Hall–Kier alpha value is -3.00. The van der Waals surface area contributed by atoms with Crippen LogP contribution in [0.5, 0.6) is 0 Å². The molecule has 1 aliphatic heterocycles. The highest BCUT2D eigenvalue weighted by atomic mass is 32.2. The van der Waals surface area contributed by atoms with Crippen LogP contribution in [0, 0.1) is 0 Å². The number of amides is 2. The lowest BCUT2D eigenvalue weighted by atomic mass is 10.1. The first-order valence-corrected chi connectivity index (χ1v) is 11.2. The Morgan fingerprint density at radius 1 is 1.16 bits per heavy atom. The number of nitrogens with zero attached hydrogens (tertiary/aromatic N) is 2. The zero-order valence-electron chi connectivity index (χ0n) is 18.0. The zero-order chi connectivity index (χ0) is 22.4. The Labute approximate surface area is 186 Å². The molecule has 0 bridgehead atoms. The van der Waals surface area contributed by atoms with E-state index in [4.69, 9.17) is 4.74 Å². The van der Waals surface area contributed by atoms with E-state index in [9.17, 15) is 14.4 Å². The summed E-state index contributed by atoms with van der Waals surface area (Å²) >= 11 is 1.56. The number of rotatable bonds is 8. The van der Waals surface area contributed by atoms with E-state index < -0.39 is 0 Å². The lowest BCUT2D eigenvalue weighted by Gasteiger charge is -2.25. The van der Waals surface area contributed by atoms with Crippen LogP contribution in [-0.4, -0.2) is 44.2 Å². The van der Waals surface area contributed by atoms with E-state index in [0.717, 1.165) is 16.9 Å². The molecule has 164 valence electrons. The number of hydrogen-bond acceptors (Lipinski definition) is 6. The van der Waals surface area contributed by atoms with Crippen molar-refractivity contribution in [3.8, 4) is 0 Å². The third-order valence-electron chi connectivity index (χ3n) is 4.83. The molecule has 8 heteroatoms. The predicted molar refractivity (Wildman–Crippen MR) is 124 cm³/mol. The van der Waals surface area contributed by atoms with Gasteiger partial charge >= 0.3 is 5.97 Å². The van der Waals surface area contributed by atoms with Crippen molar-refractivity contribution in [1.82, 2.24) is 0 Å². The SMILES string of the molecule is CCOC(=O)CCC(=O)Nc1cccc([C@H]2SCC(=O)N2c2ccc(N(C)C)cc2)c1. The number of ether oxygens (including phenoxy) is 1. The van der Waals surface area contributed by atoms with Gasteiger partial charge in [0, 0.05) is 37.6 Å². The topological polar surface area (TPSA) is 78.9 Å². The summed E-state index contributed by atoms with van der Waals surface area (Å²) in [7, 11) is 3.95. The third kappa shape index (κ3) is 5.79. The lowest BCUT2D eigenvalue weighted by molar-refractivity contribution is -0.144. The van der Waals surface area contributed by atoms with Gasteiger partial charge in [0.15, 0.2) is 0 Å². The summed E-state index contributed by atoms with van der Waals surface area (Å²) in [5, 5.41) is 2.65. The number of carbonyl (C=O) groups excluding carboxylic acids is 3. The highest BCUT2D eigenvalue weighted by Gasteiger charge is 2.34. The van der Waals surface area contributed by atoms with Gasteiger partial charge in [-0.3, -0.25) is 19.3 Å². The normalized spacial score (nSPS) is 15.6. The molecule has 2 amide bonds. The minimum absolute atomic E-state index is 0.0447. The molecule has 0 radical (unpaired) electrons. The van der Waals surface area contributed by atoms with Crippen LogP contribution in [0.1, 0.15) is 30.7 Å². The summed E-state index contributed by atoms with van der Waals surface area (Å²) in [6.07, 6.45) is 0.104. The monoisotopic (exact) mass is 441 g/mol. The molecule has 1 N–H and O–H groups in total. The summed E-state index contributed by atoms with van der Waals surface area (Å²) in [5.41, 5.74) is 3.46. The molecule has 0 unspecified atom stereocenters. The molecule has 3 rings (SSSR count). The molecule has 1 fully saturated rings. The fourth-order valence-electron chi connectivity index (χ4n) is 3.30. The molecular weight excluding hydrogens is 414 g/mol. The van der Waals surface area contributed by atoms with Crippen molar-refractivity contribution < 1.29 is 19.1 Å². The van der Waals surface area contributed by atoms with Crippen LogP contribution in [0.3, 0.4) is 0 Å². The Balaban J connectivity index is 1.72. The maximum Gasteiger partial charge on any atom is 0.306 e. The zero-order valence-corrected chi connectivity index (χ0v) is 18.8. The molecule has 0 aliphatic carbocycles. The number of nitrogens with one attached hydrogen (secondary N) is 1. The van der Waals surface area contributed by atoms with Crippen LogP contribution in [-0.2, 0) is 19.1 Å². The van der Waals surface area contributed by atoms with E-state index in [2.05, 4.69) is 5.32 Å². The van der Waals surface area contributed by atoms with Crippen LogP contribution in [0.15, 0.2) is 48.5 Å². The van der Waals surface area contributed by atoms with E-state index >= 15 is 0 Å². The number of carbonyl (C=O) groups is 3. The maximum absolute atomic E-state index is 12.6. The fourth-order valence-corrected chi connectivity index (χ4v) is 4.47. The van der Waals surface area contributed by atoms with E-state index in [1.165, 1.54) is 0 Å². The van der Waals surface area contributed by atoms with Gasteiger partial charge in [-0.2, -0.15) is 0 Å². The van der Waals surface area contributed by atoms with Crippen molar-refractivity contribution in [2.75, 3.05) is 41.6 Å². The van der Waals surface area contributed by atoms with Gasteiger partial charge in [-0.1, -0.05) is 12.1 Å². The Kier molecular flexibility index (Phi) is 7.57. The van der Waals surface area contributed by atoms with Gasteiger partial charge in [0.2, 0.25) is 11.8 Å².